The summed E-state index contributed by atoms with van der Waals surface area (Å²) in [6, 6.07) is 10.6. The van der Waals surface area contributed by atoms with Crippen LogP contribution in [0.5, 0.6) is 5.75 Å². The Morgan fingerprint density at radius 3 is 2.46 bits per heavy atom. The molecule has 1 fully saturated rings. The normalized spacial score (nSPS) is 15.4. The summed E-state index contributed by atoms with van der Waals surface area (Å²) in [6.07, 6.45) is 0. The molecule has 1 N–H and O–H groups in total. The predicted octanol–water partition coefficient (Wildman–Crippen LogP) is 3.21. The van der Waals surface area contributed by atoms with Crippen LogP contribution in [0.15, 0.2) is 36.4 Å². The molecule has 2 aromatic carbocycles. The summed E-state index contributed by atoms with van der Waals surface area (Å²) in [7, 11) is 1.60. The molecule has 0 saturated carbocycles. The summed E-state index contributed by atoms with van der Waals surface area (Å²) in [5.41, 5.74) is 3.97. The zero-order chi connectivity index (χ0) is 20.1. The Kier molecular flexibility index (Phi) is 6.65. The summed E-state index contributed by atoms with van der Waals surface area (Å²) >= 11 is 0. The molecule has 0 radical (unpaired) electrons. The lowest BCUT2D eigenvalue weighted by molar-refractivity contribution is -0.117. The van der Waals surface area contributed by atoms with Gasteiger partial charge in [-0.05, 0) is 43.7 Å². The van der Waals surface area contributed by atoms with E-state index in [1.165, 1.54) is 17.7 Å². The van der Waals surface area contributed by atoms with E-state index in [0.29, 0.717) is 18.8 Å². The number of benzene rings is 2. The van der Waals surface area contributed by atoms with Gasteiger partial charge in [-0.3, -0.25) is 14.6 Å². The number of carbonyl (C=O) groups excluding carboxylic acids is 1. The second-order valence-electron chi connectivity index (χ2n) is 7.38. The van der Waals surface area contributed by atoms with E-state index in [0.717, 1.165) is 43.0 Å². The predicted molar refractivity (Wildman–Crippen MR) is 109 cm³/mol. The van der Waals surface area contributed by atoms with Crippen molar-refractivity contribution < 1.29 is 13.9 Å². The number of ether oxygens (including phenoxy) is 1. The molecule has 0 aromatic heterocycles. The topological polar surface area (TPSA) is 44.8 Å². The van der Waals surface area contributed by atoms with E-state index < -0.39 is 0 Å². The Balaban J connectivity index is 1.49. The summed E-state index contributed by atoms with van der Waals surface area (Å²) in [4.78, 5) is 16.8. The maximum absolute atomic E-state index is 13.5. The number of carbonyl (C=O) groups is 1. The minimum atomic E-state index is -0.252. The van der Waals surface area contributed by atoms with E-state index in [-0.39, 0.29) is 11.7 Å². The number of rotatable bonds is 6. The summed E-state index contributed by atoms with van der Waals surface area (Å²) in [5, 5.41) is 3.00. The highest BCUT2D eigenvalue weighted by atomic mass is 19.1. The number of nitrogens with zero attached hydrogens (tertiary/aromatic N) is 2. The molecule has 1 aliphatic heterocycles. The van der Waals surface area contributed by atoms with Gasteiger partial charge in [0, 0.05) is 44.0 Å². The lowest BCUT2D eigenvalue weighted by atomic mass is 10.1. The minimum Gasteiger partial charge on any atom is -0.496 e. The van der Waals surface area contributed by atoms with Crippen molar-refractivity contribution in [2.45, 2.75) is 20.4 Å². The first-order valence-electron chi connectivity index (χ1n) is 9.59. The summed E-state index contributed by atoms with van der Waals surface area (Å²) < 4.78 is 18.9. The van der Waals surface area contributed by atoms with Gasteiger partial charge in [-0.15, -0.1) is 0 Å². The number of hydrogen-bond donors (Lipinski definition) is 1. The molecular weight excluding hydrogens is 357 g/mol. The van der Waals surface area contributed by atoms with Gasteiger partial charge in [0.2, 0.25) is 5.91 Å². The first-order valence-corrected chi connectivity index (χ1v) is 9.59. The van der Waals surface area contributed by atoms with Crippen LogP contribution < -0.4 is 10.1 Å². The van der Waals surface area contributed by atoms with E-state index in [1.807, 2.05) is 26.0 Å². The Hall–Kier alpha value is -2.44. The third kappa shape index (κ3) is 5.30. The zero-order valence-corrected chi connectivity index (χ0v) is 16.8. The van der Waals surface area contributed by atoms with Crippen molar-refractivity contribution in [1.29, 1.82) is 0 Å². The van der Waals surface area contributed by atoms with Gasteiger partial charge in [0.15, 0.2) is 0 Å². The molecule has 3 rings (SSSR count). The Morgan fingerprint density at radius 1 is 1.07 bits per heavy atom. The van der Waals surface area contributed by atoms with Gasteiger partial charge in [0.1, 0.15) is 11.6 Å². The first kappa shape index (κ1) is 20.3. The van der Waals surface area contributed by atoms with Crippen molar-refractivity contribution >= 4 is 11.6 Å². The molecule has 6 heteroatoms. The van der Waals surface area contributed by atoms with Crippen LogP contribution in [0.1, 0.15) is 16.7 Å². The van der Waals surface area contributed by atoms with E-state index in [4.69, 9.17) is 4.74 Å². The van der Waals surface area contributed by atoms with Gasteiger partial charge < -0.3 is 10.1 Å². The third-order valence-corrected chi connectivity index (χ3v) is 5.12. The summed E-state index contributed by atoms with van der Waals surface area (Å²) in [6.45, 7) is 8.33. The van der Waals surface area contributed by atoms with Crippen LogP contribution in [0.25, 0.3) is 0 Å². The fourth-order valence-electron chi connectivity index (χ4n) is 3.56. The van der Waals surface area contributed by atoms with Crippen molar-refractivity contribution in [3.63, 3.8) is 0 Å². The maximum Gasteiger partial charge on any atom is 0.238 e. The number of piperazine rings is 1. The minimum absolute atomic E-state index is 0.00667. The fourth-order valence-corrected chi connectivity index (χ4v) is 3.56. The van der Waals surface area contributed by atoms with Crippen molar-refractivity contribution in [2.75, 3.05) is 45.2 Å². The number of hydrogen-bond acceptors (Lipinski definition) is 4. The van der Waals surface area contributed by atoms with E-state index >= 15 is 0 Å². The van der Waals surface area contributed by atoms with Gasteiger partial charge in [-0.2, -0.15) is 0 Å². The molecule has 0 spiro atoms. The van der Waals surface area contributed by atoms with Crippen LogP contribution >= 0.6 is 0 Å². The highest BCUT2D eigenvalue weighted by Crippen LogP contribution is 2.22. The van der Waals surface area contributed by atoms with Crippen molar-refractivity contribution in [1.82, 2.24) is 9.80 Å². The van der Waals surface area contributed by atoms with Crippen LogP contribution in [-0.2, 0) is 11.3 Å². The molecule has 1 amide bonds. The monoisotopic (exact) mass is 385 g/mol. The molecule has 0 atom stereocenters. The Bertz CT molecular complexity index is 833. The lowest BCUT2D eigenvalue weighted by Gasteiger charge is -2.34. The fraction of sp³-hybridized carbons (Fsp3) is 0.409. The van der Waals surface area contributed by atoms with Crippen LogP contribution in [0, 0.1) is 19.7 Å². The molecule has 2 aromatic rings. The van der Waals surface area contributed by atoms with Gasteiger partial charge in [0.05, 0.1) is 13.7 Å². The van der Waals surface area contributed by atoms with E-state index in [2.05, 4.69) is 21.2 Å². The van der Waals surface area contributed by atoms with Crippen LogP contribution in [0.3, 0.4) is 0 Å². The first-order chi connectivity index (χ1) is 13.4. The molecule has 5 nitrogen and oxygen atoms in total. The molecule has 1 saturated heterocycles. The van der Waals surface area contributed by atoms with Crippen molar-refractivity contribution in [3.8, 4) is 5.75 Å². The van der Waals surface area contributed by atoms with Crippen molar-refractivity contribution in [2.24, 2.45) is 0 Å². The SMILES string of the molecule is COc1ccc(F)cc1CN1CCN(CC(=O)Nc2ccc(C)cc2C)CC1. The smallest absolute Gasteiger partial charge is 0.238 e. The highest BCUT2D eigenvalue weighted by molar-refractivity contribution is 5.93. The quantitative estimate of drug-likeness (QED) is 0.829. The lowest BCUT2D eigenvalue weighted by Crippen LogP contribution is -2.48. The number of amides is 1. The molecule has 0 bridgehead atoms. The molecule has 0 unspecified atom stereocenters. The number of anilines is 1. The number of halogens is 1. The molecular formula is C22H28FN3O2. The van der Waals surface area contributed by atoms with Gasteiger partial charge >= 0.3 is 0 Å². The molecule has 1 heterocycles. The van der Waals surface area contributed by atoms with Gasteiger partial charge in [-0.1, -0.05) is 17.7 Å². The molecule has 28 heavy (non-hydrogen) atoms. The summed E-state index contributed by atoms with van der Waals surface area (Å²) in [5.74, 6) is 0.460. The standard InChI is InChI=1S/C22H28FN3O2/c1-16-4-6-20(17(2)12-16)24-22(27)15-26-10-8-25(9-11-26)14-18-13-19(23)5-7-21(18)28-3/h4-7,12-13H,8-11,14-15H2,1-3H3,(H,24,27). The number of methoxy groups -OCH3 is 1. The second-order valence-corrected chi connectivity index (χ2v) is 7.38. The maximum atomic E-state index is 13.5. The average molecular weight is 385 g/mol. The Morgan fingerprint density at radius 2 is 1.79 bits per heavy atom. The number of nitrogens with one attached hydrogen (secondary N) is 1. The molecule has 1 aliphatic rings. The number of aryl methyl sites for hydroxylation is 2. The molecule has 0 aliphatic carbocycles. The van der Waals surface area contributed by atoms with Crippen LogP contribution in [-0.4, -0.2) is 55.5 Å². The highest BCUT2D eigenvalue weighted by Gasteiger charge is 2.20. The van der Waals surface area contributed by atoms with Crippen LogP contribution in [0.2, 0.25) is 0 Å². The van der Waals surface area contributed by atoms with Crippen molar-refractivity contribution in [3.05, 3.63) is 58.9 Å². The third-order valence-electron chi connectivity index (χ3n) is 5.12. The van der Waals surface area contributed by atoms with E-state index in [9.17, 15) is 9.18 Å². The van der Waals surface area contributed by atoms with Crippen LogP contribution in [0.4, 0.5) is 10.1 Å². The average Bonchev–Trinajstić information content (AvgIpc) is 2.66. The second kappa shape index (κ2) is 9.17. The van der Waals surface area contributed by atoms with Gasteiger partial charge in [-0.25, -0.2) is 4.39 Å². The molecule has 150 valence electrons. The Labute approximate surface area is 166 Å². The van der Waals surface area contributed by atoms with E-state index in [1.54, 1.807) is 13.2 Å². The van der Waals surface area contributed by atoms with Gasteiger partial charge in [0.25, 0.3) is 0 Å². The zero-order valence-electron chi connectivity index (χ0n) is 16.8. The largest absolute Gasteiger partial charge is 0.496 e.